The number of H-pyrrole nitrogens is 1. The summed E-state index contributed by atoms with van der Waals surface area (Å²) in [5, 5.41) is 2.91. The Morgan fingerprint density at radius 3 is 2.42 bits per heavy atom. The molecule has 0 saturated carbocycles. The number of nitrogens with zero attached hydrogens (tertiary/aromatic N) is 2. The van der Waals surface area contributed by atoms with Crippen molar-refractivity contribution in [3.63, 3.8) is 0 Å². The third-order valence-corrected chi connectivity index (χ3v) is 4.90. The summed E-state index contributed by atoms with van der Waals surface area (Å²) in [6, 6.07) is 27.8. The molecule has 5 rings (SSSR count). The number of fused-ring (bicyclic) bond motifs is 1. The molecule has 3 aromatic carbocycles. The summed E-state index contributed by atoms with van der Waals surface area (Å²) in [7, 11) is 0. The van der Waals surface area contributed by atoms with Gasteiger partial charge in [-0.25, -0.2) is 9.97 Å². The number of rotatable bonds is 7. The van der Waals surface area contributed by atoms with Crippen LogP contribution in [0.25, 0.3) is 22.4 Å². The van der Waals surface area contributed by atoms with E-state index in [4.69, 9.17) is 9.47 Å². The maximum atomic E-state index is 12.5. The summed E-state index contributed by atoms with van der Waals surface area (Å²) in [5.74, 6) is 2.12. The number of carbonyl (C=O) groups excluding carboxylic acids is 1. The summed E-state index contributed by atoms with van der Waals surface area (Å²) < 4.78 is 11.3. The zero-order valence-electron chi connectivity index (χ0n) is 17.6. The van der Waals surface area contributed by atoms with Gasteiger partial charge in [0.05, 0.1) is 16.7 Å². The molecule has 5 aromatic rings. The second-order valence-corrected chi connectivity index (χ2v) is 7.23. The Bertz CT molecular complexity index is 1350. The minimum absolute atomic E-state index is 0.130. The summed E-state index contributed by atoms with van der Waals surface area (Å²) >= 11 is 0. The molecule has 0 radical (unpaired) electrons. The number of amides is 1. The van der Waals surface area contributed by atoms with Gasteiger partial charge in [0.2, 0.25) is 5.88 Å². The number of pyridine rings is 1. The van der Waals surface area contributed by atoms with Gasteiger partial charge in [0.25, 0.3) is 5.91 Å². The lowest BCUT2D eigenvalue weighted by molar-refractivity contribution is -0.118. The number of nitrogens with one attached hydrogen (secondary N) is 2. The molecule has 7 nitrogen and oxygen atoms in total. The Labute approximate surface area is 190 Å². The molecule has 0 bridgehead atoms. The largest absolute Gasteiger partial charge is 0.484 e. The predicted molar refractivity (Wildman–Crippen MR) is 126 cm³/mol. The van der Waals surface area contributed by atoms with E-state index in [1.165, 1.54) is 0 Å². The van der Waals surface area contributed by atoms with Gasteiger partial charge in [-0.05, 0) is 54.6 Å². The van der Waals surface area contributed by atoms with Crippen LogP contribution in [-0.2, 0) is 4.79 Å². The summed E-state index contributed by atoms with van der Waals surface area (Å²) in [5.41, 5.74) is 3.27. The lowest BCUT2D eigenvalue weighted by atomic mass is 10.1. The monoisotopic (exact) mass is 436 g/mol. The number of aromatic nitrogens is 3. The van der Waals surface area contributed by atoms with Gasteiger partial charge in [-0.1, -0.05) is 30.3 Å². The van der Waals surface area contributed by atoms with E-state index in [2.05, 4.69) is 20.3 Å². The second-order valence-electron chi connectivity index (χ2n) is 7.23. The quantitative estimate of drug-likeness (QED) is 0.355. The fourth-order valence-corrected chi connectivity index (χ4v) is 3.35. The van der Waals surface area contributed by atoms with Gasteiger partial charge in [0.15, 0.2) is 6.61 Å². The van der Waals surface area contributed by atoms with E-state index in [0.29, 0.717) is 28.9 Å². The highest BCUT2D eigenvalue weighted by atomic mass is 16.5. The van der Waals surface area contributed by atoms with Gasteiger partial charge in [-0.15, -0.1) is 0 Å². The zero-order chi connectivity index (χ0) is 22.5. The minimum atomic E-state index is -0.271. The highest BCUT2D eigenvalue weighted by Crippen LogP contribution is 2.27. The summed E-state index contributed by atoms with van der Waals surface area (Å²) in [4.78, 5) is 24.6. The van der Waals surface area contributed by atoms with Crippen LogP contribution >= 0.6 is 0 Å². The number of anilines is 1. The van der Waals surface area contributed by atoms with Crippen LogP contribution in [0.4, 0.5) is 5.69 Å². The molecule has 0 aliphatic rings. The number of benzene rings is 3. The van der Waals surface area contributed by atoms with E-state index in [1.54, 1.807) is 36.5 Å². The first-order valence-electron chi connectivity index (χ1n) is 10.4. The normalized spacial score (nSPS) is 10.7. The minimum Gasteiger partial charge on any atom is -0.484 e. The van der Waals surface area contributed by atoms with Gasteiger partial charge in [0, 0.05) is 17.8 Å². The SMILES string of the molecule is O=C(COc1ccc(Oc2ccccn2)cc1)Nc1ccccc1-c1nc2ccccc2[nH]1. The van der Waals surface area contributed by atoms with Gasteiger partial charge < -0.3 is 19.8 Å². The van der Waals surface area contributed by atoms with Crippen molar-refractivity contribution < 1.29 is 14.3 Å². The third kappa shape index (κ3) is 4.83. The van der Waals surface area contributed by atoms with Crippen molar-refractivity contribution in [2.24, 2.45) is 0 Å². The third-order valence-electron chi connectivity index (χ3n) is 4.90. The molecule has 0 saturated heterocycles. The average Bonchev–Trinajstić information content (AvgIpc) is 3.29. The molecule has 1 amide bonds. The average molecular weight is 436 g/mol. The van der Waals surface area contributed by atoms with Crippen LogP contribution in [-0.4, -0.2) is 27.5 Å². The Morgan fingerprint density at radius 2 is 1.61 bits per heavy atom. The van der Waals surface area contributed by atoms with Gasteiger partial charge in [-0.3, -0.25) is 4.79 Å². The predicted octanol–water partition coefficient (Wildman–Crippen LogP) is 5.43. The molecule has 162 valence electrons. The Kier molecular flexibility index (Phi) is 5.67. The fraction of sp³-hybridized carbons (Fsp3) is 0.0385. The molecule has 0 aliphatic carbocycles. The number of para-hydroxylation sites is 3. The van der Waals surface area contributed by atoms with Crippen LogP contribution in [0.3, 0.4) is 0 Å². The Morgan fingerprint density at radius 1 is 0.848 bits per heavy atom. The van der Waals surface area contributed by atoms with E-state index < -0.39 is 0 Å². The highest BCUT2D eigenvalue weighted by molar-refractivity contribution is 5.96. The number of carbonyl (C=O) groups is 1. The van der Waals surface area contributed by atoms with Crippen molar-refractivity contribution >= 4 is 22.6 Å². The van der Waals surface area contributed by atoms with Gasteiger partial charge >= 0.3 is 0 Å². The van der Waals surface area contributed by atoms with E-state index in [0.717, 1.165) is 16.6 Å². The van der Waals surface area contributed by atoms with Gasteiger partial charge in [-0.2, -0.15) is 0 Å². The molecule has 0 aliphatic heterocycles. The first-order chi connectivity index (χ1) is 16.2. The maximum absolute atomic E-state index is 12.5. The van der Waals surface area contributed by atoms with Crippen LogP contribution in [0.2, 0.25) is 0 Å². The van der Waals surface area contributed by atoms with Crippen LogP contribution < -0.4 is 14.8 Å². The lowest BCUT2D eigenvalue weighted by Gasteiger charge is -2.11. The highest BCUT2D eigenvalue weighted by Gasteiger charge is 2.12. The van der Waals surface area contributed by atoms with Crippen molar-refractivity contribution in [1.82, 2.24) is 15.0 Å². The number of aromatic amines is 1. The van der Waals surface area contributed by atoms with Crippen LogP contribution in [0.1, 0.15) is 0 Å². The summed E-state index contributed by atoms with van der Waals surface area (Å²) in [6.07, 6.45) is 1.66. The van der Waals surface area contributed by atoms with Crippen LogP contribution in [0.5, 0.6) is 17.4 Å². The number of hydrogen-bond donors (Lipinski definition) is 2. The van der Waals surface area contributed by atoms with E-state index in [1.807, 2.05) is 60.7 Å². The maximum Gasteiger partial charge on any atom is 0.262 e. The van der Waals surface area contributed by atoms with E-state index in [-0.39, 0.29) is 12.5 Å². The van der Waals surface area contributed by atoms with E-state index in [9.17, 15) is 4.79 Å². The molecular weight excluding hydrogens is 416 g/mol. The Hall–Kier alpha value is -4.65. The second kappa shape index (κ2) is 9.23. The van der Waals surface area contributed by atoms with Crippen LogP contribution in [0.15, 0.2) is 97.2 Å². The van der Waals surface area contributed by atoms with Crippen LogP contribution in [0, 0.1) is 0 Å². The molecule has 2 aromatic heterocycles. The van der Waals surface area contributed by atoms with Crippen molar-refractivity contribution in [3.05, 3.63) is 97.2 Å². The molecular formula is C26H20N4O3. The first-order valence-corrected chi connectivity index (χ1v) is 10.4. The number of hydrogen-bond acceptors (Lipinski definition) is 5. The first kappa shape index (κ1) is 20.3. The van der Waals surface area contributed by atoms with Gasteiger partial charge in [0.1, 0.15) is 17.3 Å². The van der Waals surface area contributed by atoms with Crippen molar-refractivity contribution in [2.75, 3.05) is 11.9 Å². The molecule has 0 atom stereocenters. The number of imidazole rings is 1. The van der Waals surface area contributed by atoms with Crippen molar-refractivity contribution in [2.45, 2.75) is 0 Å². The molecule has 0 spiro atoms. The fourth-order valence-electron chi connectivity index (χ4n) is 3.35. The molecule has 2 N–H and O–H groups in total. The van der Waals surface area contributed by atoms with E-state index >= 15 is 0 Å². The molecule has 2 heterocycles. The molecule has 7 heteroatoms. The molecule has 0 fully saturated rings. The Balaban J connectivity index is 1.22. The zero-order valence-corrected chi connectivity index (χ0v) is 17.6. The standard InChI is InChI=1S/C26H20N4O3/c31-24(17-32-18-12-14-19(15-13-18)33-25-11-5-6-16-27-25)28-21-8-2-1-7-20(21)26-29-22-9-3-4-10-23(22)30-26/h1-16H,17H2,(H,28,31)(H,29,30). The van der Waals surface area contributed by atoms with Crippen molar-refractivity contribution in [3.8, 4) is 28.8 Å². The molecule has 0 unspecified atom stereocenters. The summed E-state index contributed by atoms with van der Waals surface area (Å²) in [6.45, 7) is -0.130. The topological polar surface area (TPSA) is 89.1 Å². The number of ether oxygens (including phenoxy) is 2. The van der Waals surface area contributed by atoms with Crippen molar-refractivity contribution in [1.29, 1.82) is 0 Å². The molecule has 33 heavy (non-hydrogen) atoms. The lowest BCUT2D eigenvalue weighted by Crippen LogP contribution is -2.20. The smallest absolute Gasteiger partial charge is 0.262 e.